The lowest BCUT2D eigenvalue weighted by molar-refractivity contribution is 0.0693. The standard InChI is InChI=1S/C14H19NO5S/c1-3-15(9-10-4-5-10)21(18,19)11-6-7-13(20-2)12(8-11)14(16)17/h6-8,10H,3-5,9H2,1-2H3,(H,16,17). The van der Waals surface area contributed by atoms with Crippen molar-refractivity contribution in [2.75, 3.05) is 20.2 Å². The summed E-state index contributed by atoms with van der Waals surface area (Å²) in [7, 11) is -2.32. The summed E-state index contributed by atoms with van der Waals surface area (Å²) in [5, 5.41) is 9.15. The Hall–Kier alpha value is -1.60. The smallest absolute Gasteiger partial charge is 0.339 e. The summed E-state index contributed by atoms with van der Waals surface area (Å²) in [6.07, 6.45) is 2.10. The number of ether oxygens (including phenoxy) is 1. The molecule has 0 heterocycles. The molecule has 0 bridgehead atoms. The zero-order valence-corrected chi connectivity index (χ0v) is 12.9. The molecule has 0 spiro atoms. The first-order valence-corrected chi connectivity index (χ1v) is 8.25. The normalized spacial score (nSPS) is 15.2. The summed E-state index contributed by atoms with van der Waals surface area (Å²) in [5.41, 5.74) is -0.152. The second-order valence-electron chi connectivity index (χ2n) is 5.07. The average Bonchev–Trinajstić information content (AvgIpc) is 3.27. The Labute approximate surface area is 124 Å². The molecule has 0 aromatic heterocycles. The van der Waals surface area contributed by atoms with Gasteiger partial charge >= 0.3 is 5.97 Å². The molecular formula is C14H19NO5S. The van der Waals surface area contributed by atoms with Crippen molar-refractivity contribution in [2.24, 2.45) is 5.92 Å². The minimum Gasteiger partial charge on any atom is -0.496 e. The maximum atomic E-state index is 12.6. The number of rotatable bonds is 7. The molecule has 1 N–H and O–H groups in total. The Morgan fingerprint density at radius 2 is 2.10 bits per heavy atom. The van der Waals surface area contributed by atoms with Crippen LogP contribution in [0, 0.1) is 5.92 Å². The summed E-state index contributed by atoms with van der Waals surface area (Å²) >= 11 is 0. The molecule has 1 aliphatic rings. The molecule has 0 aliphatic heterocycles. The molecule has 0 unspecified atom stereocenters. The van der Waals surface area contributed by atoms with Crippen LogP contribution in [0.2, 0.25) is 0 Å². The van der Waals surface area contributed by atoms with Crippen LogP contribution in [0.4, 0.5) is 0 Å². The number of sulfonamides is 1. The SMILES string of the molecule is CCN(CC1CC1)S(=O)(=O)c1ccc(OC)c(C(=O)O)c1. The van der Waals surface area contributed by atoms with Gasteiger partial charge in [0.25, 0.3) is 0 Å². The predicted molar refractivity (Wildman–Crippen MR) is 77.1 cm³/mol. The van der Waals surface area contributed by atoms with E-state index in [1.54, 1.807) is 6.92 Å². The summed E-state index contributed by atoms with van der Waals surface area (Å²) in [4.78, 5) is 11.2. The van der Waals surface area contributed by atoms with Crippen LogP contribution in [0.25, 0.3) is 0 Å². The number of aromatic carboxylic acids is 1. The maximum absolute atomic E-state index is 12.6. The van der Waals surface area contributed by atoms with Crippen molar-refractivity contribution >= 4 is 16.0 Å². The van der Waals surface area contributed by atoms with Crippen LogP contribution in [0.15, 0.2) is 23.1 Å². The molecule has 0 radical (unpaired) electrons. The maximum Gasteiger partial charge on any atom is 0.339 e. The van der Waals surface area contributed by atoms with Crippen molar-refractivity contribution in [2.45, 2.75) is 24.7 Å². The van der Waals surface area contributed by atoms with Gasteiger partial charge in [-0.15, -0.1) is 0 Å². The minimum absolute atomic E-state index is 0.0109. The zero-order chi connectivity index (χ0) is 15.6. The van der Waals surface area contributed by atoms with E-state index in [-0.39, 0.29) is 16.2 Å². The van der Waals surface area contributed by atoms with E-state index in [0.29, 0.717) is 19.0 Å². The highest BCUT2D eigenvalue weighted by Crippen LogP contribution is 2.32. The van der Waals surface area contributed by atoms with E-state index in [4.69, 9.17) is 9.84 Å². The first-order valence-electron chi connectivity index (χ1n) is 6.81. The molecule has 1 fully saturated rings. The topological polar surface area (TPSA) is 83.9 Å². The molecule has 0 saturated heterocycles. The van der Waals surface area contributed by atoms with Gasteiger partial charge in [0.05, 0.1) is 12.0 Å². The third kappa shape index (κ3) is 3.36. The average molecular weight is 313 g/mol. The zero-order valence-electron chi connectivity index (χ0n) is 12.1. The molecular weight excluding hydrogens is 294 g/mol. The number of hydrogen-bond acceptors (Lipinski definition) is 4. The van der Waals surface area contributed by atoms with E-state index in [1.807, 2.05) is 0 Å². The van der Waals surface area contributed by atoms with Crippen LogP contribution in [-0.4, -0.2) is 44.0 Å². The van der Waals surface area contributed by atoms with Crippen molar-refractivity contribution in [1.29, 1.82) is 0 Å². The largest absolute Gasteiger partial charge is 0.496 e. The molecule has 7 heteroatoms. The minimum atomic E-state index is -3.67. The number of methoxy groups -OCH3 is 1. The summed E-state index contributed by atoms with van der Waals surface area (Å²) in [6.45, 7) is 2.64. The van der Waals surface area contributed by atoms with Crippen LogP contribution in [-0.2, 0) is 10.0 Å². The van der Waals surface area contributed by atoms with E-state index in [9.17, 15) is 13.2 Å². The quantitative estimate of drug-likeness (QED) is 0.830. The molecule has 116 valence electrons. The Bertz CT molecular complexity index is 637. The molecule has 0 atom stereocenters. The van der Waals surface area contributed by atoms with Gasteiger partial charge in [-0.05, 0) is 37.0 Å². The highest BCUT2D eigenvalue weighted by Gasteiger charge is 2.31. The molecule has 1 aromatic rings. The first kappa shape index (κ1) is 15.8. The number of hydrogen-bond donors (Lipinski definition) is 1. The second kappa shape index (κ2) is 6.03. The van der Waals surface area contributed by atoms with Crippen molar-refractivity contribution in [1.82, 2.24) is 4.31 Å². The Kier molecular flexibility index (Phi) is 4.53. The van der Waals surface area contributed by atoms with E-state index < -0.39 is 16.0 Å². The highest BCUT2D eigenvalue weighted by molar-refractivity contribution is 7.89. The molecule has 6 nitrogen and oxygen atoms in total. The fourth-order valence-electron chi connectivity index (χ4n) is 2.15. The Morgan fingerprint density at radius 3 is 2.57 bits per heavy atom. The number of benzene rings is 1. The molecule has 21 heavy (non-hydrogen) atoms. The third-order valence-corrected chi connectivity index (χ3v) is 5.49. The van der Waals surface area contributed by atoms with Crippen molar-refractivity contribution < 1.29 is 23.1 Å². The lowest BCUT2D eigenvalue weighted by atomic mass is 10.2. The number of nitrogens with zero attached hydrogens (tertiary/aromatic N) is 1. The van der Waals surface area contributed by atoms with Gasteiger partial charge in [0.1, 0.15) is 11.3 Å². The molecule has 1 aliphatic carbocycles. The lowest BCUT2D eigenvalue weighted by Crippen LogP contribution is -2.32. The van der Waals surface area contributed by atoms with E-state index in [0.717, 1.165) is 18.9 Å². The summed E-state index contributed by atoms with van der Waals surface area (Å²) in [6, 6.07) is 3.92. The van der Waals surface area contributed by atoms with Crippen LogP contribution in [0.3, 0.4) is 0 Å². The van der Waals surface area contributed by atoms with Crippen LogP contribution in [0.5, 0.6) is 5.75 Å². The Balaban J connectivity index is 2.38. The molecule has 2 rings (SSSR count). The van der Waals surface area contributed by atoms with Crippen LogP contribution in [0.1, 0.15) is 30.1 Å². The number of carboxylic acid groups (broad SMARTS) is 1. The third-order valence-electron chi connectivity index (χ3n) is 3.55. The van der Waals surface area contributed by atoms with E-state index in [1.165, 1.54) is 23.5 Å². The molecule has 0 amide bonds. The van der Waals surface area contributed by atoms with Gasteiger partial charge in [0, 0.05) is 13.1 Å². The first-order chi connectivity index (χ1) is 9.90. The van der Waals surface area contributed by atoms with E-state index in [2.05, 4.69) is 0 Å². The summed E-state index contributed by atoms with van der Waals surface area (Å²) < 4.78 is 31.5. The van der Waals surface area contributed by atoms with Crippen LogP contribution >= 0.6 is 0 Å². The van der Waals surface area contributed by atoms with E-state index >= 15 is 0 Å². The summed E-state index contributed by atoms with van der Waals surface area (Å²) in [5.74, 6) is -0.641. The highest BCUT2D eigenvalue weighted by atomic mass is 32.2. The van der Waals surface area contributed by atoms with Crippen molar-refractivity contribution in [3.63, 3.8) is 0 Å². The number of carboxylic acids is 1. The van der Waals surface area contributed by atoms with Crippen molar-refractivity contribution in [3.05, 3.63) is 23.8 Å². The Morgan fingerprint density at radius 1 is 1.43 bits per heavy atom. The van der Waals surface area contributed by atoms with Gasteiger partial charge in [0.15, 0.2) is 0 Å². The van der Waals surface area contributed by atoms with Gasteiger partial charge in [-0.2, -0.15) is 4.31 Å². The van der Waals surface area contributed by atoms with Gasteiger partial charge < -0.3 is 9.84 Å². The lowest BCUT2D eigenvalue weighted by Gasteiger charge is -2.20. The van der Waals surface area contributed by atoms with Gasteiger partial charge in [-0.3, -0.25) is 0 Å². The monoisotopic (exact) mass is 313 g/mol. The fourth-order valence-corrected chi connectivity index (χ4v) is 3.70. The number of carbonyl (C=O) groups is 1. The van der Waals surface area contributed by atoms with Gasteiger partial charge in [-0.25, -0.2) is 13.2 Å². The van der Waals surface area contributed by atoms with Crippen molar-refractivity contribution in [3.8, 4) is 5.75 Å². The second-order valence-corrected chi connectivity index (χ2v) is 7.00. The van der Waals surface area contributed by atoms with Gasteiger partial charge in [-0.1, -0.05) is 6.92 Å². The molecule has 1 aromatic carbocycles. The van der Waals surface area contributed by atoms with Crippen LogP contribution < -0.4 is 4.74 Å². The molecule has 1 saturated carbocycles. The predicted octanol–water partition coefficient (Wildman–Crippen LogP) is 1.81. The fraction of sp³-hybridized carbons (Fsp3) is 0.500. The van der Waals surface area contributed by atoms with Gasteiger partial charge in [0.2, 0.25) is 10.0 Å².